The van der Waals surface area contributed by atoms with Crippen molar-refractivity contribution in [1.29, 1.82) is 5.26 Å². The standard InChI is InChI=1S/C16H10N4O3/c17-9-11(16-18-13-3-1-2-4-14(13)19-16)7-10-8-12(20(22)23)5-6-15(10)21/h1-8,21H,(H,18,19)/b11-7+. The first kappa shape index (κ1) is 14.3. The Labute approximate surface area is 130 Å². The Morgan fingerprint density at radius 1 is 1.35 bits per heavy atom. The molecule has 0 amide bonds. The summed E-state index contributed by atoms with van der Waals surface area (Å²) in [5.74, 6) is 0.180. The summed E-state index contributed by atoms with van der Waals surface area (Å²) in [7, 11) is 0. The predicted molar refractivity (Wildman–Crippen MR) is 84.3 cm³/mol. The third-order valence-corrected chi connectivity index (χ3v) is 3.29. The van der Waals surface area contributed by atoms with Crippen LogP contribution in [0, 0.1) is 21.4 Å². The smallest absolute Gasteiger partial charge is 0.270 e. The van der Waals surface area contributed by atoms with Gasteiger partial charge in [-0.2, -0.15) is 5.26 Å². The maximum Gasteiger partial charge on any atom is 0.270 e. The molecule has 0 unspecified atom stereocenters. The van der Waals surface area contributed by atoms with Gasteiger partial charge in [0.1, 0.15) is 17.6 Å². The molecule has 0 fully saturated rings. The van der Waals surface area contributed by atoms with Gasteiger partial charge in [-0.25, -0.2) is 4.98 Å². The molecular weight excluding hydrogens is 296 g/mol. The molecule has 112 valence electrons. The van der Waals surface area contributed by atoms with Gasteiger partial charge in [0.15, 0.2) is 0 Å². The molecule has 0 bridgehead atoms. The number of aromatic amines is 1. The van der Waals surface area contributed by atoms with Crippen molar-refractivity contribution < 1.29 is 10.0 Å². The van der Waals surface area contributed by atoms with Crippen molar-refractivity contribution >= 4 is 28.4 Å². The van der Waals surface area contributed by atoms with Crippen LogP contribution in [0.25, 0.3) is 22.7 Å². The number of hydrogen-bond acceptors (Lipinski definition) is 5. The number of phenols is 1. The number of nitriles is 1. The fourth-order valence-electron chi connectivity index (χ4n) is 2.16. The molecule has 0 radical (unpaired) electrons. The lowest BCUT2D eigenvalue weighted by Gasteiger charge is -2.00. The highest BCUT2D eigenvalue weighted by molar-refractivity contribution is 5.91. The SMILES string of the molecule is N#C/C(=C\c1cc([N+](=O)[O-])ccc1O)c1nc2ccccc2[nH]1. The number of rotatable bonds is 3. The Balaban J connectivity index is 2.10. The van der Waals surface area contributed by atoms with Crippen LogP contribution in [0.1, 0.15) is 11.4 Å². The Morgan fingerprint density at radius 3 is 2.83 bits per heavy atom. The van der Waals surface area contributed by atoms with Crippen LogP contribution in [-0.4, -0.2) is 20.0 Å². The summed E-state index contributed by atoms with van der Waals surface area (Å²) < 4.78 is 0. The molecule has 0 aliphatic rings. The third-order valence-electron chi connectivity index (χ3n) is 3.29. The minimum Gasteiger partial charge on any atom is -0.507 e. The Kier molecular flexibility index (Phi) is 3.49. The molecule has 0 saturated heterocycles. The highest BCUT2D eigenvalue weighted by Gasteiger charge is 2.12. The topological polar surface area (TPSA) is 116 Å². The zero-order valence-corrected chi connectivity index (χ0v) is 11.7. The number of imidazole rings is 1. The molecule has 2 N–H and O–H groups in total. The van der Waals surface area contributed by atoms with Crippen molar-refractivity contribution in [2.45, 2.75) is 0 Å². The summed E-state index contributed by atoms with van der Waals surface area (Å²) in [6.07, 6.45) is 1.36. The fraction of sp³-hybridized carbons (Fsp3) is 0. The quantitative estimate of drug-likeness (QED) is 0.437. The van der Waals surface area contributed by atoms with E-state index in [1.807, 2.05) is 24.3 Å². The molecule has 7 nitrogen and oxygen atoms in total. The van der Waals surface area contributed by atoms with Crippen LogP contribution in [0.2, 0.25) is 0 Å². The number of para-hydroxylation sites is 2. The average Bonchev–Trinajstić information content (AvgIpc) is 2.97. The van der Waals surface area contributed by atoms with Gasteiger partial charge >= 0.3 is 0 Å². The van der Waals surface area contributed by atoms with E-state index in [9.17, 15) is 20.5 Å². The van der Waals surface area contributed by atoms with Gasteiger partial charge in [0.25, 0.3) is 5.69 Å². The first-order chi connectivity index (χ1) is 11.1. The van der Waals surface area contributed by atoms with Gasteiger partial charge < -0.3 is 10.1 Å². The number of phenolic OH excluding ortho intramolecular Hbond substituents is 1. The molecule has 2 aromatic carbocycles. The van der Waals surface area contributed by atoms with E-state index in [4.69, 9.17) is 0 Å². The molecule has 0 saturated carbocycles. The number of benzene rings is 2. The first-order valence-corrected chi connectivity index (χ1v) is 6.63. The minimum absolute atomic E-state index is 0.153. The van der Waals surface area contributed by atoms with E-state index in [0.29, 0.717) is 11.3 Å². The second-order valence-corrected chi connectivity index (χ2v) is 4.77. The molecule has 0 aliphatic heterocycles. The van der Waals surface area contributed by atoms with Crippen molar-refractivity contribution in [1.82, 2.24) is 9.97 Å². The van der Waals surface area contributed by atoms with Crippen molar-refractivity contribution in [2.24, 2.45) is 0 Å². The lowest BCUT2D eigenvalue weighted by atomic mass is 10.1. The Morgan fingerprint density at radius 2 is 2.13 bits per heavy atom. The molecule has 3 aromatic rings. The molecule has 3 rings (SSSR count). The number of nitrogens with one attached hydrogen (secondary N) is 1. The van der Waals surface area contributed by atoms with Gasteiger partial charge in [-0.05, 0) is 24.3 Å². The van der Waals surface area contributed by atoms with Crippen molar-refractivity contribution in [3.05, 3.63) is 64.0 Å². The van der Waals surface area contributed by atoms with Crippen LogP contribution in [0.4, 0.5) is 5.69 Å². The molecule has 23 heavy (non-hydrogen) atoms. The van der Waals surface area contributed by atoms with Crippen LogP contribution in [0.15, 0.2) is 42.5 Å². The van der Waals surface area contributed by atoms with Gasteiger partial charge in [-0.15, -0.1) is 0 Å². The Bertz CT molecular complexity index is 949. The fourth-order valence-corrected chi connectivity index (χ4v) is 2.16. The second-order valence-electron chi connectivity index (χ2n) is 4.77. The monoisotopic (exact) mass is 306 g/mol. The van der Waals surface area contributed by atoms with Gasteiger partial charge in [0.2, 0.25) is 0 Å². The summed E-state index contributed by atoms with van der Waals surface area (Å²) >= 11 is 0. The molecule has 0 spiro atoms. The number of aromatic nitrogens is 2. The number of hydrogen-bond donors (Lipinski definition) is 2. The summed E-state index contributed by atoms with van der Waals surface area (Å²) in [4.78, 5) is 17.6. The lowest BCUT2D eigenvalue weighted by molar-refractivity contribution is -0.384. The lowest BCUT2D eigenvalue weighted by Crippen LogP contribution is -1.89. The molecule has 0 aliphatic carbocycles. The van der Waals surface area contributed by atoms with E-state index in [-0.39, 0.29) is 22.6 Å². The van der Waals surface area contributed by atoms with Crippen molar-refractivity contribution in [3.63, 3.8) is 0 Å². The van der Waals surface area contributed by atoms with Crippen molar-refractivity contribution in [3.8, 4) is 11.8 Å². The van der Waals surface area contributed by atoms with E-state index in [0.717, 1.165) is 5.52 Å². The van der Waals surface area contributed by atoms with E-state index in [1.165, 1.54) is 24.3 Å². The maximum absolute atomic E-state index is 10.8. The number of allylic oxidation sites excluding steroid dienone is 1. The van der Waals surface area contributed by atoms with Gasteiger partial charge in [-0.3, -0.25) is 10.1 Å². The minimum atomic E-state index is -0.565. The largest absolute Gasteiger partial charge is 0.507 e. The van der Waals surface area contributed by atoms with E-state index < -0.39 is 4.92 Å². The molecule has 1 aromatic heterocycles. The second kappa shape index (κ2) is 5.61. The highest BCUT2D eigenvalue weighted by Crippen LogP contribution is 2.27. The van der Waals surface area contributed by atoms with Crippen LogP contribution in [-0.2, 0) is 0 Å². The first-order valence-electron chi connectivity index (χ1n) is 6.63. The predicted octanol–water partition coefficient (Wildman–Crippen LogP) is 3.24. The number of nitrogens with zero attached hydrogens (tertiary/aromatic N) is 3. The normalized spacial score (nSPS) is 11.3. The zero-order chi connectivity index (χ0) is 16.4. The molecule has 0 atom stereocenters. The molecule has 1 heterocycles. The van der Waals surface area contributed by atoms with Gasteiger partial charge in [-0.1, -0.05) is 12.1 Å². The van der Waals surface area contributed by atoms with Gasteiger partial charge in [0.05, 0.1) is 21.5 Å². The molecule has 7 heteroatoms. The van der Waals surface area contributed by atoms with Crippen LogP contribution < -0.4 is 0 Å². The number of nitro groups is 1. The van der Waals surface area contributed by atoms with E-state index in [1.54, 1.807) is 6.07 Å². The van der Waals surface area contributed by atoms with E-state index in [2.05, 4.69) is 9.97 Å². The number of nitro benzene ring substituents is 1. The maximum atomic E-state index is 10.8. The van der Waals surface area contributed by atoms with Crippen LogP contribution in [0.3, 0.4) is 0 Å². The zero-order valence-electron chi connectivity index (χ0n) is 11.7. The summed E-state index contributed by atoms with van der Waals surface area (Å²) in [5.41, 5.74) is 1.64. The number of non-ortho nitro benzene ring substituents is 1. The summed E-state index contributed by atoms with van der Waals surface area (Å²) in [6.45, 7) is 0. The average molecular weight is 306 g/mol. The number of fused-ring (bicyclic) bond motifs is 1. The van der Waals surface area contributed by atoms with Crippen LogP contribution >= 0.6 is 0 Å². The molecular formula is C16H10N4O3. The Hall–Kier alpha value is -3.66. The number of aromatic hydroxyl groups is 1. The summed E-state index contributed by atoms with van der Waals surface area (Å²) in [5, 5.41) is 30.0. The summed E-state index contributed by atoms with van der Waals surface area (Å²) in [6, 6.07) is 12.9. The van der Waals surface area contributed by atoms with Crippen molar-refractivity contribution in [2.75, 3.05) is 0 Å². The van der Waals surface area contributed by atoms with Crippen LogP contribution in [0.5, 0.6) is 5.75 Å². The number of H-pyrrole nitrogens is 1. The van der Waals surface area contributed by atoms with Gasteiger partial charge in [0, 0.05) is 17.7 Å². The third kappa shape index (κ3) is 2.73. The highest BCUT2D eigenvalue weighted by atomic mass is 16.6. The van der Waals surface area contributed by atoms with E-state index >= 15 is 0 Å².